The lowest BCUT2D eigenvalue weighted by Crippen LogP contribution is -2.35. The highest BCUT2D eigenvalue weighted by Crippen LogP contribution is 2.32. The molecule has 0 saturated carbocycles. The molecule has 0 fully saturated rings. The largest absolute Gasteiger partial charge is 0.361 e. The zero-order valence-corrected chi connectivity index (χ0v) is 12.1. The van der Waals surface area contributed by atoms with Crippen molar-refractivity contribution in [2.45, 2.75) is 19.0 Å². The van der Waals surface area contributed by atoms with Crippen LogP contribution in [0.25, 0.3) is 11.0 Å². The summed E-state index contributed by atoms with van der Waals surface area (Å²) in [6.45, 7) is 2.80. The molecule has 0 amide bonds. The Morgan fingerprint density at radius 1 is 1.23 bits per heavy atom. The van der Waals surface area contributed by atoms with Crippen molar-refractivity contribution in [2.75, 3.05) is 11.9 Å². The molecular weight excluding hydrogens is 281 g/mol. The standard InChI is InChI=1S/C16H16FN5/c1-9-11-3-2-10(17)6-13(11)14(7-19-9)22-16-12-4-5-18-15(12)20-8-21-16/h2-6,8-9,14,19H,7H2,1H3,(H2,18,20,21,22)/t9-,14-/m0/s1. The average molecular weight is 297 g/mol. The van der Waals surface area contributed by atoms with Gasteiger partial charge in [-0.15, -0.1) is 0 Å². The molecule has 0 saturated heterocycles. The summed E-state index contributed by atoms with van der Waals surface area (Å²) in [6, 6.07) is 7.08. The van der Waals surface area contributed by atoms with E-state index in [-0.39, 0.29) is 17.9 Å². The van der Waals surface area contributed by atoms with Crippen molar-refractivity contribution in [1.29, 1.82) is 0 Å². The van der Waals surface area contributed by atoms with Crippen LogP contribution in [0.1, 0.15) is 30.1 Å². The van der Waals surface area contributed by atoms with Crippen LogP contribution in [-0.2, 0) is 0 Å². The Morgan fingerprint density at radius 3 is 3.05 bits per heavy atom. The van der Waals surface area contributed by atoms with Crippen molar-refractivity contribution in [3.63, 3.8) is 0 Å². The van der Waals surface area contributed by atoms with E-state index >= 15 is 0 Å². The number of aromatic amines is 1. The van der Waals surface area contributed by atoms with Gasteiger partial charge in [0.2, 0.25) is 0 Å². The molecule has 1 aromatic carbocycles. The van der Waals surface area contributed by atoms with Crippen LogP contribution in [0.2, 0.25) is 0 Å². The molecule has 0 aliphatic carbocycles. The van der Waals surface area contributed by atoms with Crippen LogP contribution in [0.3, 0.4) is 0 Å². The van der Waals surface area contributed by atoms with Gasteiger partial charge in [0.25, 0.3) is 0 Å². The summed E-state index contributed by atoms with van der Waals surface area (Å²) in [5.74, 6) is 0.539. The monoisotopic (exact) mass is 297 g/mol. The zero-order valence-electron chi connectivity index (χ0n) is 12.1. The lowest BCUT2D eigenvalue weighted by molar-refractivity contribution is 0.495. The van der Waals surface area contributed by atoms with E-state index in [1.165, 1.54) is 12.4 Å². The van der Waals surface area contributed by atoms with Crippen LogP contribution in [0.5, 0.6) is 0 Å². The first-order valence-corrected chi connectivity index (χ1v) is 7.30. The van der Waals surface area contributed by atoms with Gasteiger partial charge in [-0.3, -0.25) is 0 Å². The van der Waals surface area contributed by atoms with E-state index in [1.807, 2.05) is 18.3 Å². The Hall–Kier alpha value is -2.47. The van der Waals surface area contributed by atoms with Gasteiger partial charge in [0, 0.05) is 18.8 Å². The number of anilines is 1. The molecule has 2 atom stereocenters. The molecule has 0 radical (unpaired) electrons. The smallest absolute Gasteiger partial charge is 0.142 e. The quantitative estimate of drug-likeness (QED) is 0.680. The molecule has 3 heterocycles. The van der Waals surface area contributed by atoms with Crippen molar-refractivity contribution in [3.05, 3.63) is 53.7 Å². The lowest BCUT2D eigenvalue weighted by Gasteiger charge is -2.31. The van der Waals surface area contributed by atoms with Crippen LogP contribution < -0.4 is 10.6 Å². The maximum absolute atomic E-state index is 13.7. The van der Waals surface area contributed by atoms with Crippen LogP contribution in [0.15, 0.2) is 36.8 Å². The topological polar surface area (TPSA) is 65.6 Å². The third kappa shape index (κ3) is 2.12. The number of aromatic nitrogens is 3. The van der Waals surface area contributed by atoms with Crippen molar-refractivity contribution < 1.29 is 4.39 Å². The third-order valence-electron chi connectivity index (χ3n) is 4.18. The molecule has 5 nitrogen and oxygen atoms in total. The molecule has 1 aliphatic heterocycles. The number of halogens is 1. The Bertz CT molecular complexity index is 828. The van der Waals surface area contributed by atoms with Crippen LogP contribution in [0.4, 0.5) is 10.2 Å². The average Bonchev–Trinajstić information content (AvgIpc) is 2.99. The van der Waals surface area contributed by atoms with Crippen molar-refractivity contribution >= 4 is 16.9 Å². The van der Waals surface area contributed by atoms with Gasteiger partial charge in [-0.05, 0) is 36.2 Å². The minimum Gasteiger partial charge on any atom is -0.361 e. The molecular formula is C16H16FN5. The summed E-state index contributed by atoms with van der Waals surface area (Å²) in [4.78, 5) is 11.6. The molecule has 2 aromatic heterocycles. The van der Waals surface area contributed by atoms with E-state index in [2.05, 4.69) is 32.5 Å². The van der Waals surface area contributed by atoms with Crippen molar-refractivity contribution in [2.24, 2.45) is 0 Å². The summed E-state index contributed by atoms with van der Waals surface area (Å²) < 4.78 is 13.7. The second kappa shape index (κ2) is 5.06. The Kier molecular flexibility index (Phi) is 3.04. The van der Waals surface area contributed by atoms with Gasteiger partial charge >= 0.3 is 0 Å². The van der Waals surface area contributed by atoms with Gasteiger partial charge in [0.15, 0.2) is 0 Å². The fourth-order valence-electron chi connectivity index (χ4n) is 3.04. The number of hydrogen-bond acceptors (Lipinski definition) is 4. The Labute approximate surface area is 127 Å². The fraction of sp³-hybridized carbons (Fsp3) is 0.250. The van der Waals surface area contributed by atoms with Crippen molar-refractivity contribution in [1.82, 2.24) is 20.3 Å². The molecule has 3 N–H and O–H groups in total. The summed E-state index contributed by atoms with van der Waals surface area (Å²) in [7, 11) is 0. The molecule has 1 aliphatic rings. The van der Waals surface area contributed by atoms with Gasteiger partial charge in [0.1, 0.15) is 23.6 Å². The number of nitrogens with zero attached hydrogens (tertiary/aromatic N) is 2. The fourth-order valence-corrected chi connectivity index (χ4v) is 3.04. The molecule has 0 spiro atoms. The lowest BCUT2D eigenvalue weighted by atomic mass is 9.91. The van der Waals surface area contributed by atoms with E-state index < -0.39 is 0 Å². The number of hydrogen-bond donors (Lipinski definition) is 3. The third-order valence-corrected chi connectivity index (χ3v) is 4.18. The minimum absolute atomic E-state index is 0.0325. The minimum atomic E-state index is -0.214. The number of rotatable bonds is 2. The van der Waals surface area contributed by atoms with Crippen LogP contribution in [0, 0.1) is 5.82 Å². The van der Waals surface area contributed by atoms with Crippen LogP contribution >= 0.6 is 0 Å². The first kappa shape index (κ1) is 13.2. The van der Waals surface area contributed by atoms with E-state index in [0.717, 1.165) is 28.0 Å². The second-order valence-corrected chi connectivity index (χ2v) is 5.56. The molecule has 4 rings (SSSR count). The van der Waals surface area contributed by atoms with Gasteiger partial charge in [0.05, 0.1) is 11.4 Å². The van der Waals surface area contributed by atoms with Crippen LogP contribution in [-0.4, -0.2) is 21.5 Å². The molecule has 112 valence electrons. The maximum Gasteiger partial charge on any atom is 0.142 e. The Balaban J connectivity index is 1.74. The molecule has 6 heteroatoms. The number of benzene rings is 1. The van der Waals surface area contributed by atoms with E-state index in [1.54, 1.807) is 6.07 Å². The number of fused-ring (bicyclic) bond motifs is 2. The SMILES string of the molecule is C[C@@H]1NC[C@H](Nc2ncnc3[nH]ccc23)c2cc(F)ccc21. The summed E-state index contributed by atoms with van der Waals surface area (Å²) in [5.41, 5.74) is 2.88. The summed E-state index contributed by atoms with van der Waals surface area (Å²) in [5, 5.41) is 7.78. The van der Waals surface area contributed by atoms with E-state index in [9.17, 15) is 4.39 Å². The predicted octanol–water partition coefficient (Wildman–Crippen LogP) is 2.91. The highest BCUT2D eigenvalue weighted by atomic mass is 19.1. The normalized spacial score (nSPS) is 20.8. The van der Waals surface area contributed by atoms with E-state index in [4.69, 9.17) is 0 Å². The maximum atomic E-state index is 13.7. The summed E-state index contributed by atoms with van der Waals surface area (Å²) in [6.07, 6.45) is 3.35. The first-order valence-electron chi connectivity index (χ1n) is 7.30. The van der Waals surface area contributed by atoms with Gasteiger partial charge < -0.3 is 15.6 Å². The molecule has 22 heavy (non-hydrogen) atoms. The Morgan fingerprint density at radius 2 is 2.14 bits per heavy atom. The molecule has 0 unspecified atom stereocenters. The van der Waals surface area contributed by atoms with E-state index in [0.29, 0.717) is 6.54 Å². The highest BCUT2D eigenvalue weighted by Gasteiger charge is 2.25. The van der Waals surface area contributed by atoms with Gasteiger partial charge in [-0.25, -0.2) is 14.4 Å². The molecule has 3 aromatic rings. The highest BCUT2D eigenvalue weighted by molar-refractivity contribution is 5.86. The summed E-state index contributed by atoms with van der Waals surface area (Å²) >= 11 is 0. The predicted molar refractivity (Wildman–Crippen MR) is 83.1 cm³/mol. The first-order chi connectivity index (χ1) is 10.7. The zero-order chi connectivity index (χ0) is 15.1. The van der Waals surface area contributed by atoms with Gasteiger partial charge in [-0.1, -0.05) is 6.07 Å². The van der Waals surface area contributed by atoms with Crippen molar-refractivity contribution in [3.8, 4) is 0 Å². The second-order valence-electron chi connectivity index (χ2n) is 5.56. The number of nitrogens with one attached hydrogen (secondary N) is 3. The number of H-pyrrole nitrogens is 1. The van der Waals surface area contributed by atoms with Gasteiger partial charge in [-0.2, -0.15) is 0 Å². The molecule has 0 bridgehead atoms.